The van der Waals surface area contributed by atoms with Gasteiger partial charge in [-0.2, -0.15) is 0 Å². The smallest absolute Gasteiger partial charge is 0.115 e. The van der Waals surface area contributed by atoms with Crippen LogP contribution in [0.3, 0.4) is 0 Å². The summed E-state index contributed by atoms with van der Waals surface area (Å²) in [5.41, 5.74) is 6.70. The average molecular weight is 403 g/mol. The molecule has 3 aromatic rings. The van der Waals surface area contributed by atoms with Gasteiger partial charge in [0.05, 0.1) is 0 Å². The van der Waals surface area contributed by atoms with E-state index in [0.29, 0.717) is 5.75 Å². The van der Waals surface area contributed by atoms with Crippen LogP contribution >= 0.6 is 0 Å². The number of hydrogen-bond acceptors (Lipinski definition) is 1. The lowest BCUT2D eigenvalue weighted by atomic mass is 9.99. The number of rotatable bonds is 8. The van der Waals surface area contributed by atoms with Crippen LogP contribution in [0.5, 0.6) is 5.75 Å². The third kappa shape index (κ3) is 8.45. The van der Waals surface area contributed by atoms with Gasteiger partial charge in [-0.25, -0.2) is 0 Å². The van der Waals surface area contributed by atoms with E-state index in [1.165, 1.54) is 59.9 Å². The molecule has 0 aliphatic carbocycles. The number of unbranched alkanes of at least 4 members (excludes halogenated alkanes) is 2. The van der Waals surface area contributed by atoms with Crippen LogP contribution in [0.25, 0.3) is 11.1 Å². The topological polar surface area (TPSA) is 20.2 Å². The first-order chi connectivity index (χ1) is 14.5. The van der Waals surface area contributed by atoms with E-state index in [9.17, 15) is 0 Å². The molecule has 0 aliphatic rings. The molecule has 1 unspecified atom stereocenters. The molecular weight excluding hydrogens is 364 g/mol. The van der Waals surface area contributed by atoms with Gasteiger partial charge in [-0.15, -0.1) is 0 Å². The summed E-state index contributed by atoms with van der Waals surface area (Å²) in [5, 5.41) is 9.05. The van der Waals surface area contributed by atoms with E-state index in [-0.39, 0.29) is 0 Å². The van der Waals surface area contributed by atoms with Crippen molar-refractivity contribution in [2.45, 2.75) is 66.2 Å². The maximum atomic E-state index is 9.05. The number of aromatic hydroxyl groups is 1. The van der Waals surface area contributed by atoms with Crippen molar-refractivity contribution < 1.29 is 5.11 Å². The highest BCUT2D eigenvalue weighted by Gasteiger charge is 2.00. The molecule has 3 rings (SSSR count). The Morgan fingerprint density at radius 1 is 0.700 bits per heavy atom. The summed E-state index contributed by atoms with van der Waals surface area (Å²) in [6.07, 6.45) is 7.46. The number of phenolic OH excluding ortho intramolecular Hbond substituents is 1. The van der Waals surface area contributed by atoms with Crippen molar-refractivity contribution >= 4 is 0 Å². The van der Waals surface area contributed by atoms with Gasteiger partial charge in [0.15, 0.2) is 0 Å². The van der Waals surface area contributed by atoms with Crippen molar-refractivity contribution in [1.82, 2.24) is 0 Å². The zero-order valence-electron chi connectivity index (χ0n) is 19.2. The molecule has 0 aliphatic heterocycles. The molecule has 0 radical (unpaired) electrons. The van der Waals surface area contributed by atoms with Gasteiger partial charge in [0.1, 0.15) is 5.75 Å². The molecule has 0 saturated carbocycles. The summed E-state index contributed by atoms with van der Waals surface area (Å²) in [5.74, 6) is 1.08. The summed E-state index contributed by atoms with van der Waals surface area (Å²) in [7, 11) is 0. The number of hydrogen-bond donors (Lipinski definition) is 1. The van der Waals surface area contributed by atoms with E-state index in [1.807, 2.05) is 12.1 Å². The van der Waals surface area contributed by atoms with Crippen molar-refractivity contribution in [2.24, 2.45) is 5.92 Å². The SMILES string of the molecule is CCC(C)Cc1ccc(O)cc1.CCCCCc1ccc(-c2ccc(C)cc2)cc1. The predicted molar refractivity (Wildman–Crippen MR) is 131 cm³/mol. The molecule has 3 aromatic carbocycles. The Labute approximate surface area is 183 Å². The lowest BCUT2D eigenvalue weighted by Gasteiger charge is -2.07. The van der Waals surface area contributed by atoms with E-state index in [0.717, 1.165) is 12.3 Å². The predicted octanol–water partition coefficient (Wildman–Crippen LogP) is 8.38. The third-order valence-corrected chi connectivity index (χ3v) is 5.63. The summed E-state index contributed by atoms with van der Waals surface area (Å²) in [4.78, 5) is 0. The molecule has 0 amide bonds. The zero-order valence-corrected chi connectivity index (χ0v) is 19.2. The Balaban J connectivity index is 0.000000232. The van der Waals surface area contributed by atoms with Crippen LogP contribution in [0, 0.1) is 12.8 Å². The molecule has 1 heteroatoms. The number of benzene rings is 3. The minimum atomic E-state index is 0.350. The van der Waals surface area contributed by atoms with E-state index in [1.54, 1.807) is 12.1 Å². The average Bonchev–Trinajstić information content (AvgIpc) is 2.77. The van der Waals surface area contributed by atoms with Crippen molar-refractivity contribution in [1.29, 1.82) is 0 Å². The molecule has 0 aromatic heterocycles. The van der Waals surface area contributed by atoms with Crippen molar-refractivity contribution in [3.8, 4) is 16.9 Å². The molecule has 0 heterocycles. The van der Waals surface area contributed by atoms with Crippen LogP contribution in [0.15, 0.2) is 72.8 Å². The highest BCUT2D eigenvalue weighted by molar-refractivity contribution is 5.63. The standard InChI is InChI=1S/C18H22.C11H16O/c1-3-4-5-6-16-9-13-18(14-10-16)17-11-7-15(2)8-12-17;1-3-9(2)8-10-4-6-11(12)7-5-10/h7-14H,3-6H2,1-2H3;4-7,9,12H,3,8H2,1-2H3. The fraction of sp³-hybridized carbons (Fsp3) is 0.379. The highest BCUT2D eigenvalue weighted by atomic mass is 16.3. The van der Waals surface area contributed by atoms with Crippen LogP contribution in [-0.4, -0.2) is 5.11 Å². The second-order valence-corrected chi connectivity index (χ2v) is 8.40. The van der Waals surface area contributed by atoms with Gasteiger partial charge in [-0.3, -0.25) is 0 Å². The summed E-state index contributed by atoms with van der Waals surface area (Å²) in [6.45, 7) is 8.82. The Bertz CT molecular complexity index is 829. The quantitative estimate of drug-likeness (QED) is 0.375. The first-order valence-electron chi connectivity index (χ1n) is 11.5. The maximum absolute atomic E-state index is 9.05. The van der Waals surface area contributed by atoms with Gasteiger partial charge in [-0.1, -0.05) is 106 Å². The molecular formula is C29H38O. The molecule has 0 spiro atoms. The minimum Gasteiger partial charge on any atom is -0.508 e. The fourth-order valence-corrected chi connectivity index (χ4v) is 3.37. The summed E-state index contributed by atoms with van der Waals surface area (Å²) >= 11 is 0. The molecule has 30 heavy (non-hydrogen) atoms. The highest BCUT2D eigenvalue weighted by Crippen LogP contribution is 2.21. The lowest BCUT2D eigenvalue weighted by molar-refractivity contribution is 0.474. The monoisotopic (exact) mass is 402 g/mol. The fourth-order valence-electron chi connectivity index (χ4n) is 3.37. The number of aryl methyl sites for hydroxylation is 2. The second-order valence-electron chi connectivity index (χ2n) is 8.40. The van der Waals surface area contributed by atoms with Gasteiger partial charge in [-0.05, 0) is 66.5 Å². The Morgan fingerprint density at radius 2 is 1.23 bits per heavy atom. The van der Waals surface area contributed by atoms with Gasteiger partial charge in [0, 0.05) is 0 Å². The first kappa shape index (κ1) is 23.7. The van der Waals surface area contributed by atoms with E-state index in [4.69, 9.17) is 5.11 Å². The maximum Gasteiger partial charge on any atom is 0.115 e. The molecule has 1 N–H and O–H groups in total. The third-order valence-electron chi connectivity index (χ3n) is 5.63. The van der Waals surface area contributed by atoms with E-state index < -0.39 is 0 Å². The van der Waals surface area contributed by atoms with Gasteiger partial charge < -0.3 is 5.11 Å². The van der Waals surface area contributed by atoms with E-state index in [2.05, 4.69) is 76.2 Å². The van der Waals surface area contributed by atoms with Crippen molar-refractivity contribution in [3.05, 3.63) is 89.5 Å². The molecule has 160 valence electrons. The summed E-state index contributed by atoms with van der Waals surface area (Å²) < 4.78 is 0. The van der Waals surface area contributed by atoms with Crippen molar-refractivity contribution in [3.63, 3.8) is 0 Å². The van der Waals surface area contributed by atoms with Crippen LogP contribution in [0.1, 0.15) is 63.1 Å². The van der Waals surface area contributed by atoms with Crippen LogP contribution in [-0.2, 0) is 12.8 Å². The zero-order chi connectivity index (χ0) is 21.8. The molecule has 0 saturated heterocycles. The van der Waals surface area contributed by atoms with Crippen LogP contribution in [0.2, 0.25) is 0 Å². The largest absolute Gasteiger partial charge is 0.508 e. The normalized spacial score (nSPS) is 11.5. The van der Waals surface area contributed by atoms with Gasteiger partial charge in [0.2, 0.25) is 0 Å². The molecule has 1 atom stereocenters. The minimum absolute atomic E-state index is 0.350. The van der Waals surface area contributed by atoms with Gasteiger partial charge >= 0.3 is 0 Å². The molecule has 0 bridgehead atoms. The Kier molecular flexibility index (Phi) is 10.2. The number of phenols is 1. The van der Waals surface area contributed by atoms with Crippen molar-refractivity contribution in [2.75, 3.05) is 0 Å². The molecule has 0 fully saturated rings. The Hall–Kier alpha value is -2.54. The Morgan fingerprint density at radius 3 is 1.77 bits per heavy atom. The van der Waals surface area contributed by atoms with E-state index >= 15 is 0 Å². The van der Waals surface area contributed by atoms with Gasteiger partial charge in [0.25, 0.3) is 0 Å². The van der Waals surface area contributed by atoms with Crippen LogP contribution < -0.4 is 0 Å². The lowest BCUT2D eigenvalue weighted by Crippen LogP contribution is -1.96. The second kappa shape index (κ2) is 12.9. The van der Waals surface area contributed by atoms with Crippen LogP contribution in [0.4, 0.5) is 0 Å². The molecule has 1 nitrogen and oxygen atoms in total. The first-order valence-corrected chi connectivity index (χ1v) is 11.5. The summed E-state index contributed by atoms with van der Waals surface area (Å²) in [6, 6.07) is 25.2.